The molecular formula is C110H185N11O27. The number of hydrogen-bond acceptors (Lipinski definition) is 29. The lowest BCUT2D eigenvalue weighted by molar-refractivity contribution is -0.161. The van der Waals surface area contributed by atoms with Crippen LogP contribution in [0.15, 0.2) is 91.0 Å². The van der Waals surface area contributed by atoms with Crippen molar-refractivity contribution < 1.29 is 130 Å². The number of esters is 6. The average Bonchev–Trinajstić information content (AvgIpc) is 0.890. The zero-order valence-electron chi connectivity index (χ0n) is 94.3. The SMILES string of the molecule is CC(C)(C)OC(=O)CCC(NCCCCC(NC(=O)OC(C)(C)C)C(=O)O)C(=O)OC(C)(C)C.CC(Cc1ccccc1)NC(=O)C(CCCCNC(CCC(=O)OC(C)(C)C)C(=O)OC(C)(C)C)NC(=O)OC(C)(C)C.CC(Cc1ccccc1)NC(=O)C(CCCCNC(CCC(=O)OC(C)(C)C)C(=O)OC(C)(C)C)NC(=O)OC(C)(C)C.CC(Cc1ccccc1)NC(=O)C(N)CCCCNC(CCC(=O)O)C(=O)O. The topological polar surface area (TPSA) is 546 Å². The van der Waals surface area contributed by atoms with Gasteiger partial charge in [0.25, 0.3) is 0 Å². The molecule has 3 aromatic rings. The minimum absolute atomic E-state index is 0.0202. The summed E-state index contributed by atoms with van der Waals surface area (Å²) in [6, 6.07) is 23.1. The van der Waals surface area contributed by atoms with Crippen LogP contribution < -0.4 is 58.9 Å². The van der Waals surface area contributed by atoms with Gasteiger partial charge in [0.15, 0.2) is 0 Å². The molecule has 3 aromatic carbocycles. The Hall–Kier alpha value is -11.1. The molecule has 842 valence electrons. The summed E-state index contributed by atoms with van der Waals surface area (Å²) in [5, 5.41) is 56.1. The van der Waals surface area contributed by atoms with Crippen LogP contribution in [0.1, 0.15) is 353 Å². The molecule has 0 aromatic heterocycles. The normalized spacial score (nSPS) is 14.1. The first-order valence-electron chi connectivity index (χ1n) is 51.8. The Balaban J connectivity index is 0.00000197. The zero-order valence-corrected chi connectivity index (χ0v) is 94.3. The van der Waals surface area contributed by atoms with Crippen molar-refractivity contribution in [2.45, 2.75) is 472 Å². The molecular weight excluding hydrogens is 1910 g/mol. The molecule has 0 radical (unpaired) electrons. The highest BCUT2D eigenvalue weighted by Crippen LogP contribution is 2.22. The number of rotatable bonds is 56. The van der Waals surface area contributed by atoms with Gasteiger partial charge >= 0.3 is 72.0 Å². The predicted octanol–water partition coefficient (Wildman–Crippen LogP) is 15.1. The standard InChI is InChI=1S/2C33H55N3O7.C24H44N2O8.C20H31N3O5/c2*1-23(22-24-16-12-11-13-17-24)35-28(38)25(36-30(40)43-33(8,9)10)18-14-15-21-34-26(29(39)42-32(5,6)7)19-20-27(37)41-31(2,3)4;1-22(2,3)32-18(27)14-13-17(20(30)33-23(4,5)6)25-15-11-10-12-16(19(28)29)26-21(31)34-24(7,8)9;1-14(13-15-7-3-2-4-8-15)23-19(26)16(21)9-5-6-12-22-17(20(27)28)10-11-18(24)25/h2*11-13,16-17,23,25-26,34H,14-15,18-22H2,1-10H3,(H,35,38)(H,36,40);16-17,25H,10-15H2,1-9H3,(H,26,31)(H,28,29);2-4,7-8,14,16-17,22H,5-6,9-13,21H2,1H3,(H,23,26)(H,24,25)(H,27,28). The Bertz CT molecular complexity index is 4300. The summed E-state index contributed by atoms with van der Waals surface area (Å²) in [5.74, 6) is -6.51. The van der Waals surface area contributed by atoms with Crippen LogP contribution in [0, 0.1) is 0 Å². The molecule has 11 atom stereocenters. The molecule has 0 saturated heterocycles. The fourth-order valence-corrected chi connectivity index (χ4v) is 14.0. The van der Waals surface area contributed by atoms with Gasteiger partial charge in [-0.1, -0.05) is 97.4 Å². The van der Waals surface area contributed by atoms with E-state index >= 15 is 0 Å². The van der Waals surface area contributed by atoms with E-state index in [0.29, 0.717) is 110 Å². The summed E-state index contributed by atoms with van der Waals surface area (Å²) in [7, 11) is 0. The maximum absolute atomic E-state index is 13.2. The first-order valence-corrected chi connectivity index (χ1v) is 51.8. The maximum Gasteiger partial charge on any atom is 0.408 e. The molecule has 0 saturated carbocycles. The highest BCUT2D eigenvalue weighted by molar-refractivity contribution is 5.87. The quantitative estimate of drug-likeness (QED) is 0.0142. The number of carboxylic acid groups (broad SMARTS) is 3. The highest BCUT2D eigenvalue weighted by Gasteiger charge is 2.35. The van der Waals surface area contributed by atoms with E-state index in [4.69, 9.17) is 58.6 Å². The zero-order chi connectivity index (χ0) is 113. The number of alkyl carbamates (subject to hydrolysis) is 3. The molecule has 0 bridgehead atoms. The largest absolute Gasteiger partial charge is 0.481 e. The number of carbonyl (C=O) groups is 15. The van der Waals surface area contributed by atoms with Crippen LogP contribution in [-0.4, -0.2) is 248 Å². The number of amides is 6. The van der Waals surface area contributed by atoms with Crippen LogP contribution in [0.5, 0.6) is 0 Å². The lowest BCUT2D eigenvalue weighted by Crippen LogP contribution is -2.50. The number of nitrogens with two attached hydrogens (primary N) is 1. The Morgan fingerprint density at radius 3 is 0.723 bits per heavy atom. The first kappa shape index (κ1) is 137. The van der Waals surface area contributed by atoms with Crippen molar-refractivity contribution in [3.63, 3.8) is 0 Å². The predicted molar refractivity (Wildman–Crippen MR) is 568 cm³/mol. The van der Waals surface area contributed by atoms with E-state index in [1.165, 1.54) is 0 Å². The van der Waals surface area contributed by atoms with Crippen LogP contribution >= 0.6 is 0 Å². The van der Waals surface area contributed by atoms with Crippen molar-refractivity contribution in [3.8, 4) is 0 Å². The van der Waals surface area contributed by atoms with Crippen molar-refractivity contribution in [2.24, 2.45) is 5.73 Å². The van der Waals surface area contributed by atoms with E-state index < -0.39 is 159 Å². The number of ether oxygens (including phenoxy) is 9. The fourth-order valence-electron chi connectivity index (χ4n) is 14.0. The second-order valence-corrected chi connectivity index (χ2v) is 46.1. The van der Waals surface area contributed by atoms with Crippen molar-refractivity contribution in [1.29, 1.82) is 0 Å². The number of carboxylic acids is 3. The minimum Gasteiger partial charge on any atom is -0.481 e. The van der Waals surface area contributed by atoms with Gasteiger partial charge in [-0.15, -0.1) is 0 Å². The van der Waals surface area contributed by atoms with Crippen LogP contribution in [0.25, 0.3) is 0 Å². The van der Waals surface area contributed by atoms with E-state index in [0.717, 1.165) is 23.1 Å². The van der Waals surface area contributed by atoms with Gasteiger partial charge in [0, 0.05) is 43.8 Å². The summed E-state index contributed by atoms with van der Waals surface area (Å²) in [5.41, 5.74) is 3.30. The van der Waals surface area contributed by atoms with Gasteiger partial charge in [-0.25, -0.2) is 19.2 Å². The number of hydrogen-bond donors (Lipinski definition) is 14. The third-order valence-electron chi connectivity index (χ3n) is 20.1. The summed E-state index contributed by atoms with van der Waals surface area (Å²) in [4.78, 5) is 183. The minimum atomic E-state index is -1.15. The fraction of sp³-hybridized carbons (Fsp3) is 0.700. The molecule has 0 spiro atoms. The second-order valence-electron chi connectivity index (χ2n) is 46.1. The van der Waals surface area contributed by atoms with Gasteiger partial charge in [0.1, 0.15) is 92.7 Å². The monoisotopic (exact) mass is 2090 g/mol. The Labute approximate surface area is 880 Å². The molecule has 0 heterocycles. The van der Waals surface area contributed by atoms with Crippen molar-refractivity contribution in [3.05, 3.63) is 108 Å². The maximum atomic E-state index is 13.2. The second kappa shape index (κ2) is 67.9. The molecule has 0 aliphatic heterocycles. The number of benzene rings is 3. The average molecular weight is 2090 g/mol. The van der Waals surface area contributed by atoms with Gasteiger partial charge in [0.05, 0.1) is 6.04 Å². The first-order chi connectivity index (χ1) is 68.1. The van der Waals surface area contributed by atoms with Crippen LogP contribution in [-0.2, 0) is 119 Å². The van der Waals surface area contributed by atoms with E-state index in [-0.39, 0.29) is 106 Å². The van der Waals surface area contributed by atoms with Gasteiger partial charge in [-0.3, -0.25) is 52.7 Å². The van der Waals surface area contributed by atoms with E-state index in [2.05, 4.69) is 53.2 Å². The molecule has 148 heavy (non-hydrogen) atoms. The molecule has 38 heteroatoms. The van der Waals surface area contributed by atoms with Crippen LogP contribution in [0.3, 0.4) is 0 Å². The van der Waals surface area contributed by atoms with Gasteiger partial charge < -0.3 is 117 Å². The van der Waals surface area contributed by atoms with Gasteiger partial charge in [-0.2, -0.15) is 0 Å². The molecule has 0 aliphatic rings. The molecule has 6 amide bonds. The van der Waals surface area contributed by atoms with Gasteiger partial charge in [0.2, 0.25) is 17.7 Å². The third-order valence-corrected chi connectivity index (χ3v) is 20.1. The highest BCUT2D eigenvalue weighted by atomic mass is 16.6. The Morgan fingerprint density at radius 1 is 0.257 bits per heavy atom. The molecule has 38 nitrogen and oxygen atoms in total. The van der Waals surface area contributed by atoms with Crippen LogP contribution in [0.2, 0.25) is 0 Å². The number of unbranched alkanes of at least 4 members (excludes halogenated alkanes) is 4. The molecule has 15 N–H and O–H groups in total. The molecule has 0 aliphatic carbocycles. The van der Waals surface area contributed by atoms with Crippen LogP contribution in [0.4, 0.5) is 14.4 Å². The lowest BCUT2D eigenvalue weighted by atomic mass is 10.0. The third kappa shape index (κ3) is 76.4. The van der Waals surface area contributed by atoms with Crippen molar-refractivity contribution in [2.75, 3.05) is 26.2 Å². The Morgan fingerprint density at radius 2 is 0.480 bits per heavy atom. The summed E-state index contributed by atoms with van der Waals surface area (Å²) >= 11 is 0. The summed E-state index contributed by atoms with van der Waals surface area (Å²) in [6.07, 6.45) is 6.83. The lowest BCUT2D eigenvalue weighted by Gasteiger charge is -2.26. The van der Waals surface area contributed by atoms with E-state index in [1.807, 2.05) is 112 Å². The van der Waals surface area contributed by atoms with Crippen molar-refractivity contribution in [1.82, 2.24) is 53.2 Å². The smallest absolute Gasteiger partial charge is 0.408 e. The summed E-state index contributed by atoms with van der Waals surface area (Å²) < 4.78 is 48.5. The van der Waals surface area contributed by atoms with E-state index in [1.54, 1.807) is 187 Å². The molecule has 11 unspecified atom stereocenters. The molecule has 0 fully saturated rings. The summed E-state index contributed by atoms with van der Waals surface area (Å²) in [6.45, 7) is 55.3. The Kier molecular flexibility index (Phi) is 62.8. The van der Waals surface area contributed by atoms with Crippen molar-refractivity contribution >= 4 is 89.7 Å². The number of nitrogens with one attached hydrogen (secondary N) is 10. The number of carbonyl (C=O) groups excluding carboxylic acids is 12. The van der Waals surface area contributed by atoms with Gasteiger partial charge in [-0.05, 0) is 366 Å². The van der Waals surface area contributed by atoms with E-state index in [9.17, 15) is 77.0 Å². The molecule has 3 rings (SSSR count). The number of aliphatic carboxylic acids is 3.